The van der Waals surface area contributed by atoms with E-state index in [0.717, 1.165) is 25.7 Å². The van der Waals surface area contributed by atoms with E-state index in [0.29, 0.717) is 11.3 Å². The molecule has 0 saturated heterocycles. The number of rotatable bonds is 5. The monoisotopic (exact) mass is 297 g/mol. The van der Waals surface area contributed by atoms with E-state index < -0.39 is 12.1 Å². The van der Waals surface area contributed by atoms with Gasteiger partial charge in [0.25, 0.3) is 0 Å². The molecular formula is C17H31NO3. The van der Waals surface area contributed by atoms with Crippen molar-refractivity contribution in [2.45, 2.75) is 65.5 Å². The lowest BCUT2D eigenvalue weighted by atomic mass is 9.69. The molecule has 0 radical (unpaired) electrons. The Balaban J connectivity index is 2.50. The molecule has 3 N–H and O–H groups in total. The molecule has 0 bridgehead atoms. The maximum Gasteiger partial charge on any atom is 0.223 e. The average Bonchev–Trinajstić information content (AvgIpc) is 2.43. The number of hydrogen-bond acceptors (Lipinski definition) is 3. The third-order valence-electron chi connectivity index (χ3n) is 4.65. The minimum Gasteiger partial charge on any atom is -0.394 e. The second-order valence-electron chi connectivity index (χ2n) is 7.23. The molecule has 2 atom stereocenters. The first-order valence-electron chi connectivity index (χ1n) is 8.01. The normalized spacial score (nSPS) is 26.6. The Morgan fingerprint density at radius 1 is 1.29 bits per heavy atom. The summed E-state index contributed by atoms with van der Waals surface area (Å²) >= 11 is 0. The van der Waals surface area contributed by atoms with Crippen molar-refractivity contribution in [2.75, 3.05) is 6.61 Å². The summed E-state index contributed by atoms with van der Waals surface area (Å²) in [6.07, 6.45) is 6.39. The van der Waals surface area contributed by atoms with Crippen molar-refractivity contribution >= 4 is 5.91 Å². The van der Waals surface area contributed by atoms with Crippen LogP contribution in [0.2, 0.25) is 0 Å². The van der Waals surface area contributed by atoms with Crippen molar-refractivity contribution in [3.8, 4) is 0 Å². The van der Waals surface area contributed by atoms with Gasteiger partial charge in [0, 0.05) is 5.92 Å². The third kappa shape index (κ3) is 5.44. The first-order valence-corrected chi connectivity index (χ1v) is 8.01. The van der Waals surface area contributed by atoms with Crippen LogP contribution in [0.5, 0.6) is 0 Å². The molecule has 1 aliphatic carbocycles. The van der Waals surface area contributed by atoms with Crippen molar-refractivity contribution in [1.29, 1.82) is 0 Å². The molecule has 21 heavy (non-hydrogen) atoms. The van der Waals surface area contributed by atoms with Crippen molar-refractivity contribution in [3.63, 3.8) is 0 Å². The van der Waals surface area contributed by atoms with Crippen LogP contribution in [0, 0.1) is 17.3 Å². The number of aliphatic hydroxyl groups is 2. The largest absolute Gasteiger partial charge is 0.394 e. The van der Waals surface area contributed by atoms with Crippen LogP contribution in [0.4, 0.5) is 0 Å². The van der Waals surface area contributed by atoms with Gasteiger partial charge in [0.1, 0.15) is 0 Å². The van der Waals surface area contributed by atoms with Crippen LogP contribution in [0.15, 0.2) is 12.2 Å². The van der Waals surface area contributed by atoms with E-state index in [1.807, 2.05) is 0 Å². The molecule has 4 heteroatoms. The van der Waals surface area contributed by atoms with Gasteiger partial charge in [-0.2, -0.15) is 0 Å². The standard InChI is InChI=1S/C17H31NO3/c1-5-6-15(20)14(11-19)18-16(21)12-7-9-13(10-8-12)17(2,3)4/h5-6,12-15,19-20H,7-11H2,1-4H3,(H,18,21)/b6-5+/t12-,13-,14-,15+/m0/s1. The van der Waals surface area contributed by atoms with Gasteiger partial charge in [-0.3, -0.25) is 4.79 Å². The van der Waals surface area contributed by atoms with Crippen molar-refractivity contribution in [3.05, 3.63) is 12.2 Å². The van der Waals surface area contributed by atoms with Crippen LogP contribution >= 0.6 is 0 Å². The highest BCUT2D eigenvalue weighted by Crippen LogP contribution is 2.39. The highest BCUT2D eigenvalue weighted by molar-refractivity contribution is 5.79. The van der Waals surface area contributed by atoms with Gasteiger partial charge in [-0.05, 0) is 43.9 Å². The Morgan fingerprint density at radius 3 is 2.29 bits per heavy atom. The molecule has 1 saturated carbocycles. The minimum absolute atomic E-state index is 0.00968. The van der Waals surface area contributed by atoms with Gasteiger partial charge in [-0.15, -0.1) is 0 Å². The summed E-state index contributed by atoms with van der Waals surface area (Å²) in [6.45, 7) is 8.32. The van der Waals surface area contributed by atoms with Crippen LogP contribution < -0.4 is 5.32 Å². The Morgan fingerprint density at radius 2 is 1.86 bits per heavy atom. The lowest BCUT2D eigenvalue weighted by Gasteiger charge is -2.37. The highest BCUT2D eigenvalue weighted by Gasteiger charge is 2.33. The summed E-state index contributed by atoms with van der Waals surface area (Å²) in [6, 6.07) is -0.617. The van der Waals surface area contributed by atoms with Gasteiger partial charge in [0.2, 0.25) is 5.91 Å². The molecule has 0 aromatic carbocycles. The van der Waals surface area contributed by atoms with Gasteiger partial charge in [-0.25, -0.2) is 0 Å². The van der Waals surface area contributed by atoms with Gasteiger partial charge in [0.05, 0.1) is 18.8 Å². The van der Waals surface area contributed by atoms with Gasteiger partial charge in [-0.1, -0.05) is 32.9 Å². The average molecular weight is 297 g/mol. The van der Waals surface area contributed by atoms with Gasteiger partial charge < -0.3 is 15.5 Å². The Labute approximate surface area is 128 Å². The lowest BCUT2D eigenvalue weighted by Crippen LogP contribution is -2.48. The van der Waals surface area contributed by atoms with E-state index in [1.165, 1.54) is 0 Å². The maximum absolute atomic E-state index is 12.3. The molecule has 0 aromatic rings. The van der Waals surface area contributed by atoms with Crippen molar-refractivity contribution in [2.24, 2.45) is 17.3 Å². The second-order valence-corrected chi connectivity index (χ2v) is 7.23. The summed E-state index contributed by atoms with van der Waals surface area (Å²) in [5, 5.41) is 21.9. The molecule has 0 heterocycles. The number of nitrogens with one attached hydrogen (secondary N) is 1. The zero-order valence-electron chi connectivity index (χ0n) is 13.8. The summed E-state index contributed by atoms with van der Waals surface area (Å²) in [5.74, 6) is 0.643. The summed E-state index contributed by atoms with van der Waals surface area (Å²) in [7, 11) is 0. The molecule has 1 amide bonds. The van der Waals surface area contributed by atoms with Crippen LogP contribution in [0.1, 0.15) is 53.4 Å². The van der Waals surface area contributed by atoms with E-state index in [2.05, 4.69) is 26.1 Å². The second kappa shape index (κ2) is 7.95. The van der Waals surface area contributed by atoms with E-state index in [-0.39, 0.29) is 18.4 Å². The number of carbonyl (C=O) groups is 1. The van der Waals surface area contributed by atoms with Crippen LogP contribution in [0.25, 0.3) is 0 Å². The summed E-state index contributed by atoms with van der Waals surface area (Å²) in [4.78, 5) is 12.3. The fraction of sp³-hybridized carbons (Fsp3) is 0.824. The molecule has 1 fully saturated rings. The molecule has 1 rings (SSSR count). The van der Waals surface area contributed by atoms with Gasteiger partial charge >= 0.3 is 0 Å². The lowest BCUT2D eigenvalue weighted by molar-refractivity contribution is -0.128. The van der Waals surface area contributed by atoms with E-state index >= 15 is 0 Å². The quantitative estimate of drug-likeness (QED) is 0.682. The summed E-state index contributed by atoms with van der Waals surface area (Å²) in [5.41, 5.74) is 0.303. The molecule has 0 unspecified atom stereocenters. The van der Waals surface area contributed by atoms with Gasteiger partial charge in [0.15, 0.2) is 0 Å². The zero-order valence-corrected chi connectivity index (χ0v) is 13.8. The van der Waals surface area contributed by atoms with E-state index in [1.54, 1.807) is 19.1 Å². The first kappa shape index (κ1) is 18.2. The topological polar surface area (TPSA) is 69.6 Å². The fourth-order valence-electron chi connectivity index (χ4n) is 3.09. The Bertz CT molecular complexity index is 352. The van der Waals surface area contributed by atoms with E-state index in [9.17, 15) is 15.0 Å². The molecule has 0 aliphatic heterocycles. The third-order valence-corrected chi connectivity index (χ3v) is 4.65. The van der Waals surface area contributed by atoms with E-state index in [4.69, 9.17) is 0 Å². The molecular weight excluding hydrogens is 266 g/mol. The smallest absolute Gasteiger partial charge is 0.223 e. The number of amides is 1. The van der Waals surface area contributed by atoms with Crippen molar-refractivity contribution < 1.29 is 15.0 Å². The predicted octanol–water partition coefficient (Wildman–Crippen LogP) is 2.25. The molecule has 122 valence electrons. The predicted molar refractivity (Wildman–Crippen MR) is 84.7 cm³/mol. The minimum atomic E-state index is -0.838. The number of hydrogen-bond donors (Lipinski definition) is 3. The number of allylic oxidation sites excluding steroid dienone is 1. The van der Waals surface area contributed by atoms with Crippen LogP contribution in [-0.4, -0.2) is 34.9 Å². The highest BCUT2D eigenvalue weighted by atomic mass is 16.3. The van der Waals surface area contributed by atoms with Crippen LogP contribution in [-0.2, 0) is 4.79 Å². The first-order chi connectivity index (χ1) is 9.79. The number of carbonyl (C=O) groups excluding carboxylic acids is 1. The SMILES string of the molecule is C/C=C/[C@@H](O)[C@H](CO)NC(=O)[C@H]1CC[C@H](C(C)(C)C)CC1. The van der Waals surface area contributed by atoms with Crippen molar-refractivity contribution in [1.82, 2.24) is 5.32 Å². The number of aliphatic hydroxyl groups excluding tert-OH is 2. The summed E-state index contributed by atoms with van der Waals surface area (Å²) < 4.78 is 0. The van der Waals surface area contributed by atoms with Crippen LogP contribution in [0.3, 0.4) is 0 Å². The fourth-order valence-corrected chi connectivity index (χ4v) is 3.09. The Kier molecular flexibility index (Phi) is 6.88. The molecule has 4 nitrogen and oxygen atoms in total. The zero-order chi connectivity index (χ0) is 16.0. The molecule has 1 aliphatic rings. The molecule has 0 spiro atoms. The Hall–Kier alpha value is -0.870. The maximum atomic E-state index is 12.3. The molecule has 0 aromatic heterocycles.